The molecule has 0 aromatic heterocycles. The summed E-state index contributed by atoms with van der Waals surface area (Å²) in [6.07, 6.45) is 0.626. The molecule has 0 bridgehead atoms. The van der Waals surface area contributed by atoms with Crippen LogP contribution >= 0.6 is 11.6 Å². The summed E-state index contributed by atoms with van der Waals surface area (Å²) >= 11 is 6.16. The van der Waals surface area contributed by atoms with Crippen molar-refractivity contribution in [2.24, 2.45) is 0 Å². The number of benzene rings is 3. The highest BCUT2D eigenvalue weighted by Gasteiger charge is 2.49. The summed E-state index contributed by atoms with van der Waals surface area (Å²) in [5, 5.41) is 3.61. The smallest absolute Gasteiger partial charge is 0.259 e. The third-order valence-corrected chi connectivity index (χ3v) is 7.02. The van der Waals surface area contributed by atoms with E-state index in [1.165, 1.54) is 6.92 Å². The van der Waals surface area contributed by atoms with Gasteiger partial charge in [-0.25, -0.2) is 0 Å². The zero-order chi connectivity index (χ0) is 25.7. The summed E-state index contributed by atoms with van der Waals surface area (Å²) in [6, 6.07) is 23.9. The average Bonchev–Trinajstić information content (AvgIpc) is 2.89. The highest BCUT2D eigenvalue weighted by atomic mass is 35.5. The molecule has 0 saturated carbocycles. The standard InChI is InChI=1S/C29H30ClN3O3/c1-21-8-10-24(11-9-21)27(35)33(26-14-12-25(30)13-15-26)29(16-18-32(19-17-29)22(2)34)28(36)31-20-23-6-4-3-5-7-23/h3-15H,16-20H2,1-2H3,(H,31,36). The molecule has 4 rings (SSSR count). The molecule has 3 aromatic rings. The van der Waals surface area contributed by atoms with Gasteiger partial charge in [0.05, 0.1) is 0 Å². The van der Waals surface area contributed by atoms with Gasteiger partial charge >= 0.3 is 0 Å². The highest BCUT2D eigenvalue weighted by Crippen LogP contribution is 2.36. The Bertz CT molecular complexity index is 1220. The molecule has 0 aliphatic carbocycles. The lowest BCUT2D eigenvalue weighted by molar-refractivity contribution is -0.135. The normalized spacial score (nSPS) is 14.7. The van der Waals surface area contributed by atoms with Gasteiger partial charge in [0.15, 0.2) is 0 Å². The van der Waals surface area contributed by atoms with Gasteiger partial charge in [-0.05, 0) is 61.7 Å². The lowest BCUT2D eigenvalue weighted by atomic mass is 9.83. The predicted molar refractivity (Wildman–Crippen MR) is 142 cm³/mol. The van der Waals surface area contributed by atoms with Gasteiger partial charge in [0.2, 0.25) is 11.8 Å². The zero-order valence-electron chi connectivity index (χ0n) is 20.5. The lowest BCUT2D eigenvalue weighted by Gasteiger charge is -2.47. The first kappa shape index (κ1) is 25.5. The van der Waals surface area contributed by atoms with Crippen LogP contribution in [0.25, 0.3) is 0 Å². The number of hydrogen-bond donors (Lipinski definition) is 1. The van der Waals surface area contributed by atoms with Crippen LogP contribution in [0.2, 0.25) is 5.02 Å². The topological polar surface area (TPSA) is 69.7 Å². The highest BCUT2D eigenvalue weighted by molar-refractivity contribution is 6.30. The van der Waals surface area contributed by atoms with Gasteiger partial charge in [-0.15, -0.1) is 0 Å². The summed E-state index contributed by atoms with van der Waals surface area (Å²) in [5.41, 5.74) is 1.88. The van der Waals surface area contributed by atoms with Crippen molar-refractivity contribution in [2.75, 3.05) is 18.0 Å². The largest absolute Gasteiger partial charge is 0.350 e. The molecule has 0 unspecified atom stereocenters. The third kappa shape index (κ3) is 5.44. The molecular formula is C29H30ClN3O3. The van der Waals surface area contributed by atoms with Crippen LogP contribution in [0.5, 0.6) is 0 Å². The van der Waals surface area contributed by atoms with Crippen LogP contribution in [0.4, 0.5) is 5.69 Å². The minimum atomic E-state index is -1.18. The molecule has 36 heavy (non-hydrogen) atoms. The van der Waals surface area contributed by atoms with Crippen molar-refractivity contribution in [2.45, 2.75) is 38.8 Å². The molecule has 3 aromatic carbocycles. The third-order valence-electron chi connectivity index (χ3n) is 6.77. The molecule has 1 saturated heterocycles. The maximum atomic E-state index is 14.1. The molecule has 3 amide bonds. The molecule has 1 aliphatic heterocycles. The number of halogens is 1. The number of hydrogen-bond acceptors (Lipinski definition) is 3. The molecule has 1 heterocycles. The van der Waals surface area contributed by atoms with E-state index in [4.69, 9.17) is 11.6 Å². The summed E-state index contributed by atoms with van der Waals surface area (Å²) in [7, 11) is 0. The van der Waals surface area contributed by atoms with Crippen molar-refractivity contribution in [1.82, 2.24) is 10.2 Å². The number of rotatable bonds is 6. The SMILES string of the molecule is CC(=O)N1CCC(C(=O)NCc2ccccc2)(N(C(=O)c2ccc(C)cc2)c2ccc(Cl)cc2)CC1. The lowest BCUT2D eigenvalue weighted by Crippen LogP contribution is -2.65. The Labute approximate surface area is 216 Å². The van der Waals surface area contributed by atoms with Gasteiger partial charge in [0.1, 0.15) is 5.54 Å². The Morgan fingerprint density at radius 3 is 2.11 bits per heavy atom. The van der Waals surface area contributed by atoms with E-state index in [9.17, 15) is 14.4 Å². The fraction of sp³-hybridized carbons (Fsp3) is 0.276. The minimum Gasteiger partial charge on any atom is -0.350 e. The molecule has 0 spiro atoms. The van der Waals surface area contributed by atoms with Gasteiger partial charge in [0.25, 0.3) is 5.91 Å². The summed E-state index contributed by atoms with van der Waals surface area (Å²) in [6.45, 7) is 4.57. The quantitative estimate of drug-likeness (QED) is 0.515. The molecule has 7 heteroatoms. The first-order valence-electron chi connectivity index (χ1n) is 12.0. The maximum absolute atomic E-state index is 14.1. The second-order valence-corrected chi connectivity index (χ2v) is 9.63. The van der Waals surface area contributed by atoms with Gasteiger partial charge in [0, 0.05) is 42.8 Å². The van der Waals surface area contributed by atoms with E-state index in [-0.39, 0.29) is 17.7 Å². The van der Waals surface area contributed by atoms with Crippen LogP contribution in [-0.4, -0.2) is 41.2 Å². The van der Waals surface area contributed by atoms with Crippen molar-refractivity contribution < 1.29 is 14.4 Å². The van der Waals surface area contributed by atoms with Crippen LogP contribution in [0.3, 0.4) is 0 Å². The number of nitrogens with zero attached hydrogens (tertiary/aromatic N) is 2. The molecule has 0 atom stereocenters. The van der Waals surface area contributed by atoms with Crippen molar-refractivity contribution in [3.05, 3.63) is 101 Å². The van der Waals surface area contributed by atoms with Crippen LogP contribution in [0.1, 0.15) is 41.3 Å². The first-order valence-corrected chi connectivity index (χ1v) is 12.4. The summed E-state index contributed by atoms with van der Waals surface area (Å²) < 4.78 is 0. The number of anilines is 1. The molecule has 0 radical (unpaired) electrons. The Hall–Kier alpha value is -3.64. The molecule has 6 nitrogen and oxygen atoms in total. The number of piperidine rings is 1. The van der Waals surface area contributed by atoms with E-state index in [1.807, 2.05) is 49.4 Å². The molecule has 1 aliphatic rings. The second-order valence-electron chi connectivity index (χ2n) is 9.19. The number of likely N-dealkylation sites (tertiary alicyclic amines) is 1. The maximum Gasteiger partial charge on any atom is 0.259 e. The number of carbonyl (C=O) groups is 3. The Morgan fingerprint density at radius 1 is 0.917 bits per heavy atom. The number of nitrogens with one attached hydrogen (secondary N) is 1. The van der Waals surface area contributed by atoms with E-state index in [1.54, 1.807) is 46.2 Å². The van der Waals surface area contributed by atoms with Gasteiger partial charge in [-0.2, -0.15) is 0 Å². The van der Waals surface area contributed by atoms with E-state index >= 15 is 0 Å². The van der Waals surface area contributed by atoms with E-state index in [0.717, 1.165) is 11.1 Å². The van der Waals surface area contributed by atoms with Gasteiger partial charge < -0.3 is 10.2 Å². The summed E-state index contributed by atoms with van der Waals surface area (Å²) in [5.74, 6) is -0.565. The predicted octanol–water partition coefficient (Wildman–Crippen LogP) is 4.99. The number of carbonyl (C=O) groups excluding carboxylic acids is 3. The number of amides is 3. The van der Waals surface area contributed by atoms with Gasteiger partial charge in [-0.1, -0.05) is 59.6 Å². The van der Waals surface area contributed by atoms with Crippen LogP contribution in [0.15, 0.2) is 78.9 Å². The Morgan fingerprint density at radius 2 is 1.53 bits per heavy atom. The van der Waals surface area contributed by atoms with Crippen molar-refractivity contribution in [3.8, 4) is 0 Å². The molecule has 1 N–H and O–H groups in total. The Kier molecular flexibility index (Phi) is 7.75. The van der Waals surface area contributed by atoms with E-state index in [2.05, 4.69) is 5.32 Å². The monoisotopic (exact) mass is 503 g/mol. The van der Waals surface area contributed by atoms with Crippen LogP contribution < -0.4 is 10.2 Å². The zero-order valence-corrected chi connectivity index (χ0v) is 21.3. The van der Waals surface area contributed by atoms with Crippen molar-refractivity contribution >= 4 is 35.0 Å². The van der Waals surface area contributed by atoms with Crippen molar-refractivity contribution in [3.63, 3.8) is 0 Å². The van der Waals surface area contributed by atoms with Crippen LogP contribution in [-0.2, 0) is 16.1 Å². The van der Waals surface area contributed by atoms with Gasteiger partial charge in [-0.3, -0.25) is 19.3 Å². The van der Waals surface area contributed by atoms with Crippen LogP contribution in [0, 0.1) is 6.92 Å². The molecule has 186 valence electrons. The molecular weight excluding hydrogens is 474 g/mol. The van der Waals surface area contributed by atoms with E-state index in [0.29, 0.717) is 48.7 Å². The van der Waals surface area contributed by atoms with E-state index < -0.39 is 5.54 Å². The second kappa shape index (κ2) is 11.0. The fourth-order valence-corrected chi connectivity index (χ4v) is 4.79. The summed E-state index contributed by atoms with van der Waals surface area (Å²) in [4.78, 5) is 43.5. The van der Waals surface area contributed by atoms with Crippen molar-refractivity contribution in [1.29, 1.82) is 0 Å². The minimum absolute atomic E-state index is 0.0452. The Balaban J connectivity index is 1.77. The fourth-order valence-electron chi connectivity index (χ4n) is 4.66. The number of aryl methyl sites for hydroxylation is 1. The molecule has 1 fully saturated rings. The average molecular weight is 504 g/mol. The first-order chi connectivity index (χ1) is 17.3.